The number of nitrogens with one attached hydrogen (secondary N) is 1. The van der Waals surface area contributed by atoms with Crippen molar-refractivity contribution < 1.29 is 4.39 Å². The van der Waals surface area contributed by atoms with Crippen LogP contribution < -0.4 is 5.32 Å². The van der Waals surface area contributed by atoms with Gasteiger partial charge in [-0.25, -0.2) is 4.39 Å². The van der Waals surface area contributed by atoms with Gasteiger partial charge in [0.1, 0.15) is 5.82 Å². The topological polar surface area (TPSA) is 12.0 Å². The van der Waals surface area contributed by atoms with Crippen LogP contribution in [0.3, 0.4) is 0 Å². The van der Waals surface area contributed by atoms with E-state index in [1.807, 2.05) is 26.1 Å². The molecule has 0 aromatic heterocycles. The van der Waals surface area contributed by atoms with E-state index in [0.717, 1.165) is 5.56 Å². The Morgan fingerprint density at radius 3 is 2.69 bits per heavy atom. The standard InChI is InChI=1S/C14H20FN/c1-10-9-11(7-8-13(10)15)12-5-3-4-6-14(12)16-2/h7-9,12,14,16H,3-6H2,1-2H3. The Balaban J connectivity index is 2.23. The molecule has 1 saturated carbocycles. The largest absolute Gasteiger partial charge is 0.316 e. The molecule has 2 heteroatoms. The second-order valence-corrected chi connectivity index (χ2v) is 4.79. The van der Waals surface area contributed by atoms with Crippen molar-refractivity contribution in [3.63, 3.8) is 0 Å². The van der Waals surface area contributed by atoms with E-state index in [1.165, 1.54) is 31.2 Å². The highest BCUT2D eigenvalue weighted by Gasteiger charge is 2.25. The minimum atomic E-state index is -0.0967. The third kappa shape index (κ3) is 2.27. The van der Waals surface area contributed by atoms with Gasteiger partial charge in [0.25, 0.3) is 0 Å². The summed E-state index contributed by atoms with van der Waals surface area (Å²) in [6.45, 7) is 1.84. The summed E-state index contributed by atoms with van der Waals surface area (Å²) in [5, 5.41) is 3.39. The molecule has 0 radical (unpaired) electrons. The molecule has 0 amide bonds. The summed E-state index contributed by atoms with van der Waals surface area (Å²) in [5.74, 6) is 0.457. The average Bonchev–Trinajstić information content (AvgIpc) is 2.32. The van der Waals surface area contributed by atoms with Crippen molar-refractivity contribution in [1.29, 1.82) is 0 Å². The van der Waals surface area contributed by atoms with Crippen molar-refractivity contribution in [1.82, 2.24) is 5.32 Å². The first-order valence-corrected chi connectivity index (χ1v) is 6.15. The quantitative estimate of drug-likeness (QED) is 0.807. The maximum absolute atomic E-state index is 13.2. The van der Waals surface area contributed by atoms with Crippen molar-refractivity contribution in [2.75, 3.05) is 7.05 Å². The summed E-state index contributed by atoms with van der Waals surface area (Å²) in [5.41, 5.74) is 2.05. The van der Waals surface area contributed by atoms with Crippen LogP contribution in [0, 0.1) is 12.7 Å². The van der Waals surface area contributed by atoms with E-state index in [9.17, 15) is 4.39 Å². The Labute approximate surface area is 97.1 Å². The first-order valence-electron chi connectivity index (χ1n) is 6.15. The molecule has 2 unspecified atom stereocenters. The Kier molecular flexibility index (Phi) is 3.59. The van der Waals surface area contributed by atoms with Crippen LogP contribution >= 0.6 is 0 Å². The smallest absolute Gasteiger partial charge is 0.126 e. The normalized spacial score (nSPS) is 25.7. The average molecular weight is 221 g/mol. The highest BCUT2D eigenvalue weighted by molar-refractivity contribution is 5.28. The lowest BCUT2D eigenvalue weighted by molar-refractivity contribution is 0.344. The van der Waals surface area contributed by atoms with E-state index >= 15 is 0 Å². The molecule has 1 fully saturated rings. The number of rotatable bonds is 2. The first-order chi connectivity index (χ1) is 7.72. The lowest BCUT2D eigenvalue weighted by Crippen LogP contribution is -2.34. The summed E-state index contributed by atoms with van der Waals surface area (Å²) < 4.78 is 13.2. The van der Waals surface area contributed by atoms with E-state index in [1.54, 1.807) is 6.07 Å². The number of aryl methyl sites for hydroxylation is 1. The summed E-state index contributed by atoms with van der Waals surface area (Å²) in [6, 6.07) is 6.11. The summed E-state index contributed by atoms with van der Waals surface area (Å²) in [4.78, 5) is 0. The monoisotopic (exact) mass is 221 g/mol. The van der Waals surface area contributed by atoms with Gasteiger partial charge < -0.3 is 5.32 Å². The number of hydrogen-bond donors (Lipinski definition) is 1. The lowest BCUT2D eigenvalue weighted by atomic mass is 9.80. The second kappa shape index (κ2) is 4.96. The molecule has 1 nitrogen and oxygen atoms in total. The molecule has 2 atom stereocenters. The molecule has 0 aliphatic heterocycles. The van der Waals surface area contributed by atoms with Gasteiger partial charge in [-0.1, -0.05) is 25.0 Å². The van der Waals surface area contributed by atoms with Crippen LogP contribution in [0.2, 0.25) is 0 Å². The molecule has 0 spiro atoms. The number of benzene rings is 1. The molecule has 88 valence electrons. The Bertz CT molecular complexity index is 362. The van der Waals surface area contributed by atoms with Crippen LogP contribution in [-0.4, -0.2) is 13.1 Å². The SMILES string of the molecule is CNC1CCCCC1c1ccc(F)c(C)c1. The number of likely N-dealkylation sites (N-methyl/N-ethyl adjacent to an activating group) is 1. The minimum absolute atomic E-state index is 0.0967. The highest BCUT2D eigenvalue weighted by Crippen LogP contribution is 2.33. The Hall–Kier alpha value is -0.890. The fourth-order valence-electron chi connectivity index (χ4n) is 2.77. The van der Waals surface area contributed by atoms with Crippen molar-refractivity contribution in [2.45, 2.75) is 44.6 Å². The van der Waals surface area contributed by atoms with Gasteiger partial charge in [0.05, 0.1) is 0 Å². The predicted molar refractivity (Wildman–Crippen MR) is 65.2 cm³/mol. The van der Waals surface area contributed by atoms with E-state index in [2.05, 4.69) is 5.32 Å². The third-order valence-electron chi connectivity index (χ3n) is 3.75. The van der Waals surface area contributed by atoms with Gasteiger partial charge >= 0.3 is 0 Å². The molecular formula is C14H20FN. The zero-order chi connectivity index (χ0) is 11.5. The second-order valence-electron chi connectivity index (χ2n) is 4.79. The summed E-state index contributed by atoms with van der Waals surface area (Å²) in [7, 11) is 2.03. The van der Waals surface area contributed by atoms with Gasteiger partial charge in [0.2, 0.25) is 0 Å². The number of hydrogen-bond acceptors (Lipinski definition) is 1. The molecule has 1 aromatic carbocycles. The Morgan fingerprint density at radius 2 is 2.00 bits per heavy atom. The zero-order valence-electron chi connectivity index (χ0n) is 10.1. The molecule has 1 aromatic rings. The molecule has 0 saturated heterocycles. The Morgan fingerprint density at radius 1 is 1.25 bits per heavy atom. The fourth-order valence-corrected chi connectivity index (χ4v) is 2.77. The van der Waals surface area contributed by atoms with Crippen LogP contribution in [0.5, 0.6) is 0 Å². The van der Waals surface area contributed by atoms with Crippen molar-refractivity contribution in [3.8, 4) is 0 Å². The van der Waals surface area contributed by atoms with Gasteiger partial charge in [-0.2, -0.15) is 0 Å². The molecule has 16 heavy (non-hydrogen) atoms. The van der Waals surface area contributed by atoms with E-state index < -0.39 is 0 Å². The minimum Gasteiger partial charge on any atom is -0.316 e. The van der Waals surface area contributed by atoms with Crippen LogP contribution in [0.25, 0.3) is 0 Å². The molecule has 0 bridgehead atoms. The first kappa shape index (κ1) is 11.6. The summed E-state index contributed by atoms with van der Waals surface area (Å²) in [6.07, 6.45) is 5.05. The van der Waals surface area contributed by atoms with Crippen LogP contribution in [0.1, 0.15) is 42.7 Å². The van der Waals surface area contributed by atoms with E-state index in [0.29, 0.717) is 12.0 Å². The van der Waals surface area contributed by atoms with Crippen molar-refractivity contribution in [3.05, 3.63) is 35.1 Å². The molecule has 1 N–H and O–H groups in total. The zero-order valence-corrected chi connectivity index (χ0v) is 10.1. The molecular weight excluding hydrogens is 201 g/mol. The maximum atomic E-state index is 13.2. The van der Waals surface area contributed by atoms with Crippen LogP contribution in [-0.2, 0) is 0 Å². The van der Waals surface area contributed by atoms with Crippen molar-refractivity contribution in [2.24, 2.45) is 0 Å². The van der Waals surface area contributed by atoms with Gasteiger partial charge in [-0.05, 0) is 49.9 Å². The molecule has 1 aliphatic carbocycles. The van der Waals surface area contributed by atoms with E-state index in [4.69, 9.17) is 0 Å². The third-order valence-corrected chi connectivity index (χ3v) is 3.75. The van der Waals surface area contributed by atoms with Gasteiger partial charge in [0.15, 0.2) is 0 Å². The van der Waals surface area contributed by atoms with Gasteiger partial charge in [-0.3, -0.25) is 0 Å². The van der Waals surface area contributed by atoms with E-state index in [-0.39, 0.29) is 5.82 Å². The molecule has 2 rings (SSSR count). The van der Waals surface area contributed by atoms with Gasteiger partial charge in [-0.15, -0.1) is 0 Å². The fraction of sp³-hybridized carbons (Fsp3) is 0.571. The molecule has 1 aliphatic rings. The van der Waals surface area contributed by atoms with Crippen LogP contribution in [0.4, 0.5) is 4.39 Å². The van der Waals surface area contributed by atoms with Crippen molar-refractivity contribution >= 4 is 0 Å². The highest BCUT2D eigenvalue weighted by atomic mass is 19.1. The maximum Gasteiger partial charge on any atom is 0.126 e. The lowest BCUT2D eigenvalue weighted by Gasteiger charge is -2.31. The number of halogens is 1. The summed E-state index contributed by atoms with van der Waals surface area (Å²) >= 11 is 0. The predicted octanol–water partition coefficient (Wildman–Crippen LogP) is 3.38. The molecule has 0 heterocycles. The van der Waals surface area contributed by atoms with Gasteiger partial charge in [0, 0.05) is 6.04 Å². The van der Waals surface area contributed by atoms with Crippen LogP contribution in [0.15, 0.2) is 18.2 Å².